The lowest BCUT2D eigenvalue weighted by Crippen LogP contribution is -2.29. The van der Waals surface area contributed by atoms with Crippen LogP contribution in [-0.2, 0) is 5.41 Å². The Morgan fingerprint density at radius 3 is 0.492 bits per heavy atom. The molecule has 0 N–H and O–H groups in total. The van der Waals surface area contributed by atoms with Crippen molar-refractivity contribution in [1.82, 2.24) is 0 Å². The highest BCUT2D eigenvalue weighted by Gasteiger charge is 2.48. The molecule has 0 aromatic heterocycles. The van der Waals surface area contributed by atoms with Gasteiger partial charge in [0, 0.05) is 0 Å². The van der Waals surface area contributed by atoms with Gasteiger partial charge in [0.1, 0.15) is 0 Å². The number of hydrogen-bond donors (Lipinski definition) is 0. The van der Waals surface area contributed by atoms with Crippen LogP contribution < -0.4 is 0 Å². The number of benzene rings is 21. The summed E-state index contributed by atoms with van der Waals surface area (Å²) in [7, 11) is 0. The summed E-state index contributed by atoms with van der Waals surface area (Å²) in [5.74, 6) is 0. The zero-order valence-electron chi connectivity index (χ0n) is 71.1. The Morgan fingerprint density at radius 1 is 0.117 bits per heavy atom. The van der Waals surface area contributed by atoms with Gasteiger partial charge in [0.05, 0.1) is 5.41 Å². The fourth-order valence-electron chi connectivity index (χ4n) is 19.7. The van der Waals surface area contributed by atoms with Gasteiger partial charge in [-0.15, -0.1) is 0 Å². The molecule has 0 saturated carbocycles. The van der Waals surface area contributed by atoms with Gasteiger partial charge in [-0.1, -0.05) is 382 Å². The van der Waals surface area contributed by atoms with Crippen molar-refractivity contribution in [2.45, 2.75) is 12.3 Å². The average Bonchev–Trinajstić information content (AvgIpc) is 1.52. The Hall–Kier alpha value is -16.4. The fourth-order valence-corrected chi connectivity index (χ4v) is 19.7. The SMILES string of the molecule is Cc1cccc2c1-c1c(-c3ccccc3)cccc1C2(c1cc(-c2cccc(-c3cc(-c4ccccc4)cc(-c4ccccc4)c3)c2)cc(-c2cccc(-c3cc(-c4ccccc4)cc(-c4ccccc4)c3)c2)c1)c1cc(-c2cccc(-c3cc(-c4ccccc4)cc(-c4ccccc4)c3)c2)cc(-c2cccc(-c3cc(-c4ccccc4)cc(-c4ccccc4)c3)c2)c1. The minimum atomic E-state index is -1.01. The molecule has 0 bridgehead atoms. The highest BCUT2D eigenvalue weighted by atomic mass is 14.5. The molecule has 0 spiro atoms. The van der Waals surface area contributed by atoms with Crippen molar-refractivity contribution in [1.29, 1.82) is 0 Å². The van der Waals surface area contributed by atoms with Gasteiger partial charge in [-0.3, -0.25) is 0 Å². The van der Waals surface area contributed by atoms with Crippen LogP contribution in [0.2, 0.25) is 0 Å². The van der Waals surface area contributed by atoms with Crippen LogP contribution >= 0.6 is 0 Å². The first-order valence-corrected chi connectivity index (χ1v) is 44.4. The van der Waals surface area contributed by atoms with Gasteiger partial charge in [-0.2, -0.15) is 0 Å². The van der Waals surface area contributed by atoms with Crippen molar-refractivity contribution >= 4 is 0 Å². The van der Waals surface area contributed by atoms with Crippen LogP contribution in [0.4, 0.5) is 0 Å². The molecule has 0 amide bonds. The Bertz CT molecular complexity index is 6670. The van der Waals surface area contributed by atoms with Crippen LogP contribution in [0.25, 0.3) is 200 Å². The molecule has 21 aromatic carbocycles. The van der Waals surface area contributed by atoms with E-state index in [4.69, 9.17) is 0 Å². The second-order valence-electron chi connectivity index (χ2n) is 33.9. The molecule has 600 valence electrons. The fraction of sp³-hybridized carbons (Fsp3) is 0.0156. The lowest BCUT2D eigenvalue weighted by molar-refractivity contribution is 0.769. The predicted octanol–water partition coefficient (Wildman–Crippen LogP) is 34.7. The van der Waals surface area contributed by atoms with E-state index in [1.165, 1.54) is 77.9 Å². The molecule has 1 aliphatic carbocycles. The second-order valence-corrected chi connectivity index (χ2v) is 33.9. The number of fused-ring (bicyclic) bond motifs is 3. The molecule has 1 aliphatic rings. The highest BCUT2D eigenvalue weighted by Crippen LogP contribution is 2.61. The van der Waals surface area contributed by atoms with Crippen molar-refractivity contribution in [3.8, 4) is 200 Å². The van der Waals surface area contributed by atoms with E-state index in [0.29, 0.717) is 0 Å². The van der Waals surface area contributed by atoms with Crippen LogP contribution in [0, 0.1) is 6.92 Å². The lowest BCUT2D eigenvalue weighted by Gasteiger charge is -2.36. The summed E-state index contributed by atoms with van der Waals surface area (Å²) in [6.45, 7) is 2.33. The molecule has 0 radical (unpaired) electrons. The highest BCUT2D eigenvalue weighted by molar-refractivity contribution is 5.99. The summed E-state index contributed by atoms with van der Waals surface area (Å²) in [6, 6.07) is 193. The number of rotatable bonds is 19. The predicted molar refractivity (Wildman–Crippen MR) is 541 cm³/mol. The molecule has 0 fully saturated rings. The standard InChI is InChI=1S/C128H88/c1-87-35-29-63-124-126(87)127-123(96-52-27-10-28-53-96)62-34-64-125(127)128(124,121-83-117(101-58-30-54-97(65-101)113-73-105(88-36-11-2-12-37-88)69-106(74-113)89-38-13-3-14-39-89)81-118(84-121)102-59-31-55-98(66-102)114-75-107(90-40-15-4-16-41-90)70-108(76-114)91-42-17-5-18-43-91)122-85-119(103-60-32-56-99(67-103)115-77-109(92-44-19-6-20-45-92)71-110(78-115)93-46-21-7-22-47-93)82-120(86-122)104-61-33-57-100(68-104)116-79-111(94-48-23-8-24-49-94)72-112(80-116)95-50-25-9-26-51-95/h2-86H,1H3. The van der Waals surface area contributed by atoms with Gasteiger partial charge >= 0.3 is 0 Å². The summed E-state index contributed by atoms with van der Waals surface area (Å²) in [4.78, 5) is 0. The van der Waals surface area contributed by atoms with E-state index in [1.807, 2.05) is 0 Å². The summed E-state index contributed by atoms with van der Waals surface area (Å²) < 4.78 is 0. The largest absolute Gasteiger partial charge is 0.0714 e. The molecule has 0 heteroatoms. The zero-order valence-corrected chi connectivity index (χ0v) is 71.1. The molecule has 21 aromatic rings. The second kappa shape index (κ2) is 34.0. The van der Waals surface area contributed by atoms with Crippen LogP contribution in [0.5, 0.6) is 0 Å². The first-order chi connectivity index (χ1) is 63.3. The monoisotopic (exact) mass is 1620 g/mol. The van der Waals surface area contributed by atoms with Gasteiger partial charge in [0.2, 0.25) is 0 Å². The van der Waals surface area contributed by atoms with Gasteiger partial charge in [0.25, 0.3) is 0 Å². The maximum absolute atomic E-state index is 2.57. The summed E-state index contributed by atoms with van der Waals surface area (Å²) >= 11 is 0. The third kappa shape index (κ3) is 15.2. The summed E-state index contributed by atoms with van der Waals surface area (Å²) in [6.07, 6.45) is 0. The molecular weight excluding hydrogens is 1540 g/mol. The van der Waals surface area contributed by atoms with Crippen LogP contribution in [0.3, 0.4) is 0 Å². The van der Waals surface area contributed by atoms with Crippen molar-refractivity contribution < 1.29 is 0 Å². The Labute approximate surface area is 750 Å². The van der Waals surface area contributed by atoms with Gasteiger partial charge < -0.3 is 0 Å². The van der Waals surface area contributed by atoms with Crippen LogP contribution in [0.1, 0.15) is 27.8 Å². The third-order valence-electron chi connectivity index (χ3n) is 25.9. The van der Waals surface area contributed by atoms with Crippen molar-refractivity contribution in [2.75, 3.05) is 0 Å². The first-order valence-electron chi connectivity index (χ1n) is 44.4. The molecule has 0 unspecified atom stereocenters. The van der Waals surface area contributed by atoms with E-state index in [2.05, 4.69) is 523 Å². The van der Waals surface area contributed by atoms with E-state index >= 15 is 0 Å². The quantitative estimate of drug-likeness (QED) is 0.0757. The Balaban J connectivity index is 0.823. The first kappa shape index (κ1) is 77.7. The smallest absolute Gasteiger partial charge is 0.0622 e. The Morgan fingerprint density at radius 2 is 0.273 bits per heavy atom. The van der Waals surface area contributed by atoms with Crippen molar-refractivity contribution in [3.63, 3.8) is 0 Å². The maximum atomic E-state index is 2.57. The normalized spacial score (nSPS) is 11.9. The number of hydrogen-bond acceptors (Lipinski definition) is 0. The van der Waals surface area contributed by atoms with E-state index in [-0.39, 0.29) is 0 Å². The summed E-state index contributed by atoms with van der Waals surface area (Å²) in [5.41, 5.74) is 46.3. The molecule has 0 heterocycles. The third-order valence-corrected chi connectivity index (χ3v) is 25.9. The molecule has 128 heavy (non-hydrogen) atoms. The van der Waals surface area contributed by atoms with Crippen LogP contribution in [0.15, 0.2) is 516 Å². The lowest BCUT2D eigenvalue weighted by atomic mass is 9.65. The minimum absolute atomic E-state index is 1.01. The van der Waals surface area contributed by atoms with E-state index in [0.717, 1.165) is 150 Å². The molecule has 0 aliphatic heterocycles. The van der Waals surface area contributed by atoms with Gasteiger partial charge in [0.15, 0.2) is 0 Å². The average molecular weight is 1630 g/mol. The summed E-state index contributed by atoms with van der Waals surface area (Å²) in [5, 5.41) is 0. The molecule has 0 nitrogen and oxygen atoms in total. The van der Waals surface area contributed by atoms with Gasteiger partial charge in [-0.25, -0.2) is 0 Å². The van der Waals surface area contributed by atoms with E-state index in [1.54, 1.807) is 0 Å². The maximum Gasteiger partial charge on any atom is 0.0714 e. The molecular formula is C128H88. The molecule has 22 rings (SSSR count). The van der Waals surface area contributed by atoms with Gasteiger partial charge in [-0.05, 0) is 368 Å². The minimum Gasteiger partial charge on any atom is -0.0622 e. The molecule has 0 atom stereocenters. The number of aryl methyl sites for hydroxylation is 1. The van der Waals surface area contributed by atoms with Crippen molar-refractivity contribution in [3.05, 3.63) is 543 Å². The Kier molecular flexibility index (Phi) is 20.7. The molecule has 0 saturated heterocycles. The van der Waals surface area contributed by atoms with E-state index < -0.39 is 5.41 Å². The zero-order chi connectivity index (χ0) is 85.3. The topological polar surface area (TPSA) is 0 Å². The van der Waals surface area contributed by atoms with Crippen LogP contribution in [-0.4, -0.2) is 0 Å². The van der Waals surface area contributed by atoms with Crippen molar-refractivity contribution in [2.24, 2.45) is 0 Å². The van der Waals surface area contributed by atoms with E-state index in [9.17, 15) is 0 Å².